The van der Waals surface area contributed by atoms with Crippen molar-refractivity contribution in [2.45, 2.75) is 58.0 Å². The van der Waals surface area contributed by atoms with Crippen molar-refractivity contribution in [1.29, 1.82) is 0 Å². The zero-order chi connectivity index (χ0) is 16.4. The smallest absolute Gasteiger partial charge is 0.118 e. The maximum atomic E-state index is 6.31. The lowest BCUT2D eigenvalue weighted by Gasteiger charge is -2.30. The Morgan fingerprint density at radius 3 is 1.48 bits per heavy atom. The average molecular weight is 308 g/mol. The van der Waals surface area contributed by atoms with Crippen LogP contribution < -0.4 is 0 Å². The first-order valence-electron chi connectivity index (χ1n) is 8.88. The minimum atomic E-state index is -0.259. The third-order valence-corrected chi connectivity index (χ3v) is 5.11. The third-order valence-electron chi connectivity index (χ3n) is 5.11. The van der Waals surface area contributed by atoms with Crippen molar-refractivity contribution in [2.24, 2.45) is 0 Å². The van der Waals surface area contributed by atoms with Crippen molar-refractivity contribution < 1.29 is 4.74 Å². The van der Waals surface area contributed by atoms with Gasteiger partial charge in [-0.15, -0.1) is 0 Å². The molecule has 1 saturated heterocycles. The van der Waals surface area contributed by atoms with Gasteiger partial charge in [-0.3, -0.25) is 0 Å². The predicted molar refractivity (Wildman–Crippen MR) is 97.0 cm³/mol. The van der Waals surface area contributed by atoms with Gasteiger partial charge >= 0.3 is 0 Å². The molecule has 1 heteroatoms. The van der Waals surface area contributed by atoms with Crippen LogP contribution in [0.15, 0.2) is 48.5 Å². The topological polar surface area (TPSA) is 9.23 Å². The van der Waals surface area contributed by atoms with Gasteiger partial charge < -0.3 is 4.74 Å². The van der Waals surface area contributed by atoms with Gasteiger partial charge in [-0.1, -0.05) is 76.2 Å². The van der Waals surface area contributed by atoms with Crippen LogP contribution in [0, 0.1) is 0 Å². The molecule has 2 aromatic rings. The van der Waals surface area contributed by atoms with Crippen LogP contribution in [-0.2, 0) is 10.3 Å². The number of hydrogen-bond acceptors (Lipinski definition) is 1. The number of rotatable bonds is 4. The molecule has 0 atom stereocenters. The van der Waals surface area contributed by atoms with E-state index in [0.717, 1.165) is 19.4 Å². The molecule has 1 nitrogen and oxygen atoms in total. The fraction of sp³-hybridized carbons (Fsp3) is 0.455. The summed E-state index contributed by atoms with van der Waals surface area (Å²) in [6.07, 6.45) is 2.19. The van der Waals surface area contributed by atoms with E-state index in [9.17, 15) is 0 Å². The van der Waals surface area contributed by atoms with Crippen LogP contribution in [0.1, 0.15) is 74.6 Å². The predicted octanol–water partition coefficient (Wildman–Crippen LogP) is 5.99. The number of benzene rings is 2. The van der Waals surface area contributed by atoms with E-state index in [-0.39, 0.29) is 5.60 Å². The lowest BCUT2D eigenvalue weighted by molar-refractivity contribution is 0.0359. The lowest BCUT2D eigenvalue weighted by atomic mass is 9.82. The summed E-state index contributed by atoms with van der Waals surface area (Å²) in [5.74, 6) is 1.13. The summed E-state index contributed by atoms with van der Waals surface area (Å²) < 4.78 is 6.31. The van der Waals surface area contributed by atoms with Crippen LogP contribution in [0.25, 0.3) is 0 Å². The SMILES string of the molecule is CC(C)c1ccc(C2(c3ccc(C(C)C)cc3)CCCO2)cc1. The first-order valence-corrected chi connectivity index (χ1v) is 8.88. The molecule has 0 bridgehead atoms. The van der Waals surface area contributed by atoms with E-state index in [1.807, 2.05) is 0 Å². The number of hydrogen-bond donors (Lipinski definition) is 0. The largest absolute Gasteiger partial charge is 0.366 e. The quantitative estimate of drug-likeness (QED) is 0.674. The molecule has 0 N–H and O–H groups in total. The van der Waals surface area contributed by atoms with Gasteiger partial charge in [0.05, 0.1) is 0 Å². The molecule has 0 aliphatic carbocycles. The summed E-state index contributed by atoms with van der Waals surface area (Å²) in [4.78, 5) is 0. The Morgan fingerprint density at radius 1 is 0.739 bits per heavy atom. The normalized spacial score (nSPS) is 17.1. The molecular weight excluding hydrogens is 280 g/mol. The number of ether oxygens (including phenoxy) is 1. The van der Waals surface area contributed by atoms with E-state index in [1.54, 1.807) is 0 Å². The summed E-state index contributed by atoms with van der Waals surface area (Å²) in [6.45, 7) is 9.80. The fourth-order valence-corrected chi connectivity index (χ4v) is 3.54. The fourth-order valence-electron chi connectivity index (χ4n) is 3.54. The highest BCUT2D eigenvalue weighted by Gasteiger charge is 2.38. The minimum absolute atomic E-state index is 0.259. The Bertz CT molecular complexity index is 575. The van der Waals surface area contributed by atoms with Crippen molar-refractivity contribution in [1.82, 2.24) is 0 Å². The molecule has 1 aliphatic heterocycles. The highest BCUT2D eigenvalue weighted by Crippen LogP contribution is 2.42. The summed E-state index contributed by atoms with van der Waals surface area (Å²) in [7, 11) is 0. The third kappa shape index (κ3) is 3.07. The van der Waals surface area contributed by atoms with Gasteiger partial charge in [0, 0.05) is 6.61 Å². The Morgan fingerprint density at radius 2 is 1.17 bits per heavy atom. The second kappa shape index (κ2) is 6.49. The lowest BCUT2D eigenvalue weighted by Crippen LogP contribution is -2.26. The Kier molecular flexibility index (Phi) is 4.59. The molecule has 0 aromatic heterocycles. The second-order valence-corrected chi connectivity index (χ2v) is 7.33. The van der Waals surface area contributed by atoms with Gasteiger partial charge in [0.15, 0.2) is 0 Å². The zero-order valence-electron chi connectivity index (χ0n) is 14.8. The molecule has 1 heterocycles. The Hall–Kier alpha value is -1.60. The van der Waals surface area contributed by atoms with Gasteiger partial charge in [-0.25, -0.2) is 0 Å². The zero-order valence-corrected chi connectivity index (χ0v) is 14.8. The molecule has 0 amide bonds. The summed E-state index contributed by atoms with van der Waals surface area (Å²) in [6, 6.07) is 18.1. The van der Waals surface area contributed by atoms with Crippen LogP contribution in [0.4, 0.5) is 0 Å². The van der Waals surface area contributed by atoms with E-state index in [0.29, 0.717) is 11.8 Å². The van der Waals surface area contributed by atoms with Crippen LogP contribution in [0.5, 0.6) is 0 Å². The van der Waals surface area contributed by atoms with Crippen LogP contribution in [0.3, 0.4) is 0 Å². The molecular formula is C22H28O. The summed E-state index contributed by atoms with van der Waals surface area (Å²) in [5.41, 5.74) is 5.09. The molecule has 1 aliphatic rings. The maximum absolute atomic E-state index is 6.31. The van der Waals surface area contributed by atoms with Gasteiger partial charge in [0.1, 0.15) is 5.60 Å². The summed E-state index contributed by atoms with van der Waals surface area (Å²) >= 11 is 0. The van der Waals surface area contributed by atoms with Gasteiger partial charge in [-0.2, -0.15) is 0 Å². The molecule has 23 heavy (non-hydrogen) atoms. The van der Waals surface area contributed by atoms with Crippen LogP contribution in [-0.4, -0.2) is 6.61 Å². The van der Waals surface area contributed by atoms with E-state index in [2.05, 4.69) is 76.2 Å². The van der Waals surface area contributed by atoms with E-state index < -0.39 is 0 Å². The monoisotopic (exact) mass is 308 g/mol. The van der Waals surface area contributed by atoms with E-state index >= 15 is 0 Å². The molecule has 0 unspecified atom stereocenters. The molecule has 1 fully saturated rings. The van der Waals surface area contributed by atoms with Crippen molar-refractivity contribution in [2.75, 3.05) is 6.61 Å². The Labute approximate surface area is 140 Å². The molecule has 122 valence electrons. The highest BCUT2D eigenvalue weighted by atomic mass is 16.5. The molecule has 0 saturated carbocycles. The Balaban J connectivity index is 1.99. The van der Waals surface area contributed by atoms with E-state index in [1.165, 1.54) is 22.3 Å². The molecule has 2 aromatic carbocycles. The van der Waals surface area contributed by atoms with Crippen LogP contribution >= 0.6 is 0 Å². The van der Waals surface area contributed by atoms with Gasteiger partial charge in [0.25, 0.3) is 0 Å². The highest BCUT2D eigenvalue weighted by molar-refractivity contribution is 5.40. The molecule has 3 rings (SSSR count). The minimum Gasteiger partial charge on any atom is -0.366 e. The van der Waals surface area contributed by atoms with Crippen molar-refractivity contribution >= 4 is 0 Å². The van der Waals surface area contributed by atoms with Crippen molar-refractivity contribution in [3.05, 3.63) is 70.8 Å². The van der Waals surface area contributed by atoms with Gasteiger partial charge in [-0.05, 0) is 46.9 Å². The van der Waals surface area contributed by atoms with Crippen molar-refractivity contribution in [3.8, 4) is 0 Å². The summed E-state index contributed by atoms with van der Waals surface area (Å²) in [5, 5.41) is 0. The average Bonchev–Trinajstić information content (AvgIpc) is 3.06. The maximum Gasteiger partial charge on any atom is 0.118 e. The second-order valence-electron chi connectivity index (χ2n) is 7.33. The standard InChI is InChI=1S/C22H28O/c1-16(2)18-6-10-20(11-7-18)22(14-5-15-23-22)21-12-8-19(9-13-21)17(3)4/h6-13,16-17H,5,14-15H2,1-4H3. The van der Waals surface area contributed by atoms with Gasteiger partial charge in [0.2, 0.25) is 0 Å². The molecule has 0 radical (unpaired) electrons. The first-order chi connectivity index (χ1) is 11.0. The van der Waals surface area contributed by atoms with E-state index in [4.69, 9.17) is 4.74 Å². The van der Waals surface area contributed by atoms with Crippen molar-refractivity contribution in [3.63, 3.8) is 0 Å². The molecule has 0 spiro atoms. The van der Waals surface area contributed by atoms with Crippen LogP contribution in [0.2, 0.25) is 0 Å². The first kappa shape index (κ1) is 16.3.